The lowest BCUT2D eigenvalue weighted by Crippen LogP contribution is -2.15. The first-order chi connectivity index (χ1) is 15.0. The number of phenols is 1. The second-order valence-corrected chi connectivity index (χ2v) is 8.68. The van der Waals surface area contributed by atoms with Crippen molar-refractivity contribution in [2.24, 2.45) is 11.7 Å². The van der Waals surface area contributed by atoms with Gasteiger partial charge in [-0.25, -0.2) is 0 Å². The molecule has 1 aliphatic carbocycles. The topological polar surface area (TPSA) is 92.8 Å². The van der Waals surface area contributed by atoms with E-state index in [2.05, 4.69) is 0 Å². The summed E-state index contributed by atoms with van der Waals surface area (Å²) in [7, 11) is 1.53. The standard InChI is InChI=1S/C26H35NO4/c1-31-26-24(30)15-12-21(25(26)20-9-6-19(17-27)7-10-20)11-14-23(29)16-22(28)13-8-18-4-2-3-5-18/h6-7,9-10,12,15,18,22,28,30H,2-5,8,11,13-14,16-17,27H2,1H3. The van der Waals surface area contributed by atoms with Crippen molar-refractivity contribution in [3.63, 3.8) is 0 Å². The summed E-state index contributed by atoms with van der Waals surface area (Å²) in [4.78, 5) is 12.5. The second-order valence-electron chi connectivity index (χ2n) is 8.68. The SMILES string of the molecule is COc1c(O)ccc(CCC(=O)CC(O)CCC2CCCC2)c1-c1ccc(CN)cc1. The lowest BCUT2D eigenvalue weighted by molar-refractivity contribution is -0.121. The average Bonchev–Trinajstić information content (AvgIpc) is 3.30. The summed E-state index contributed by atoms with van der Waals surface area (Å²) in [5, 5.41) is 20.6. The van der Waals surface area contributed by atoms with Gasteiger partial charge in [0.15, 0.2) is 11.5 Å². The minimum atomic E-state index is -0.550. The molecule has 1 aliphatic rings. The maximum Gasteiger partial charge on any atom is 0.168 e. The molecule has 0 aromatic heterocycles. The molecule has 1 fully saturated rings. The van der Waals surface area contributed by atoms with Crippen molar-refractivity contribution in [1.82, 2.24) is 0 Å². The summed E-state index contributed by atoms with van der Waals surface area (Å²) in [5.41, 5.74) is 9.36. The van der Waals surface area contributed by atoms with Crippen molar-refractivity contribution in [1.29, 1.82) is 0 Å². The number of nitrogens with two attached hydrogens (primary N) is 1. The van der Waals surface area contributed by atoms with Crippen LogP contribution < -0.4 is 10.5 Å². The minimum absolute atomic E-state index is 0.0652. The molecule has 0 spiro atoms. The molecule has 0 radical (unpaired) electrons. The summed E-state index contributed by atoms with van der Waals surface area (Å²) in [6.45, 7) is 0.460. The molecule has 2 aromatic carbocycles. The van der Waals surface area contributed by atoms with Crippen LogP contribution in [0.4, 0.5) is 0 Å². The van der Waals surface area contributed by atoms with Gasteiger partial charge in [-0.2, -0.15) is 0 Å². The highest BCUT2D eigenvalue weighted by Gasteiger charge is 2.20. The summed E-state index contributed by atoms with van der Waals surface area (Å²) in [6.07, 6.45) is 7.39. The second kappa shape index (κ2) is 11.3. The third-order valence-corrected chi connectivity index (χ3v) is 6.42. The molecule has 1 unspecified atom stereocenters. The quantitative estimate of drug-likeness (QED) is 0.483. The molecule has 3 rings (SSSR count). The number of carbonyl (C=O) groups excluding carboxylic acids is 1. The maximum absolute atomic E-state index is 12.5. The van der Waals surface area contributed by atoms with Gasteiger partial charge >= 0.3 is 0 Å². The molecule has 0 bridgehead atoms. The Balaban J connectivity index is 1.65. The van der Waals surface area contributed by atoms with Gasteiger partial charge in [0, 0.05) is 24.9 Å². The van der Waals surface area contributed by atoms with Crippen molar-refractivity contribution in [3.05, 3.63) is 47.5 Å². The van der Waals surface area contributed by atoms with Crippen molar-refractivity contribution in [2.75, 3.05) is 7.11 Å². The van der Waals surface area contributed by atoms with Gasteiger partial charge in [0.2, 0.25) is 0 Å². The molecule has 4 N–H and O–H groups in total. The number of rotatable bonds is 11. The van der Waals surface area contributed by atoms with Crippen LogP contribution in [0.2, 0.25) is 0 Å². The van der Waals surface area contributed by atoms with Gasteiger partial charge in [0.1, 0.15) is 5.78 Å². The number of benzene rings is 2. The van der Waals surface area contributed by atoms with E-state index >= 15 is 0 Å². The number of aliphatic hydroxyl groups excluding tert-OH is 1. The number of ketones is 1. The molecule has 2 aromatic rings. The zero-order chi connectivity index (χ0) is 22.2. The summed E-state index contributed by atoms with van der Waals surface area (Å²) in [5.74, 6) is 1.26. The predicted octanol–water partition coefficient (Wildman–Crippen LogP) is 4.75. The Labute approximate surface area is 185 Å². The van der Waals surface area contributed by atoms with E-state index in [1.165, 1.54) is 32.8 Å². The monoisotopic (exact) mass is 425 g/mol. The number of hydrogen-bond donors (Lipinski definition) is 3. The van der Waals surface area contributed by atoms with Crippen LogP contribution >= 0.6 is 0 Å². The van der Waals surface area contributed by atoms with Crippen LogP contribution in [0.1, 0.15) is 62.5 Å². The normalized spacial score (nSPS) is 15.2. The van der Waals surface area contributed by atoms with Crippen molar-refractivity contribution < 1.29 is 19.7 Å². The maximum atomic E-state index is 12.5. The summed E-state index contributed by atoms with van der Waals surface area (Å²) < 4.78 is 5.48. The fraction of sp³-hybridized carbons (Fsp3) is 0.500. The van der Waals surface area contributed by atoms with Crippen molar-refractivity contribution >= 4 is 5.78 Å². The van der Waals surface area contributed by atoms with Crippen LogP contribution in [0.15, 0.2) is 36.4 Å². The summed E-state index contributed by atoms with van der Waals surface area (Å²) in [6, 6.07) is 11.3. The first kappa shape index (κ1) is 23.3. The van der Waals surface area contributed by atoms with Gasteiger partial charge in [-0.05, 0) is 47.9 Å². The number of ether oxygens (including phenoxy) is 1. The largest absolute Gasteiger partial charge is 0.504 e. The highest BCUT2D eigenvalue weighted by atomic mass is 16.5. The number of Topliss-reactive ketones (excluding diaryl/α,β-unsaturated/α-hetero) is 1. The number of aliphatic hydroxyl groups is 1. The smallest absolute Gasteiger partial charge is 0.168 e. The molecule has 0 saturated heterocycles. The zero-order valence-corrected chi connectivity index (χ0v) is 18.5. The number of phenolic OH excluding ortho intramolecular Hbond substituents is 1. The Bertz CT molecular complexity index is 856. The lowest BCUT2D eigenvalue weighted by atomic mass is 9.92. The van der Waals surface area contributed by atoms with Crippen molar-refractivity contribution in [2.45, 2.75) is 70.4 Å². The van der Waals surface area contributed by atoms with Crippen LogP contribution in [0.5, 0.6) is 11.5 Å². The van der Waals surface area contributed by atoms with Crippen LogP contribution in [0.25, 0.3) is 11.1 Å². The molecule has 0 amide bonds. The number of aromatic hydroxyl groups is 1. The molecule has 5 nitrogen and oxygen atoms in total. The van der Waals surface area contributed by atoms with Gasteiger partial charge < -0.3 is 20.7 Å². The van der Waals surface area contributed by atoms with Crippen LogP contribution in [-0.2, 0) is 17.8 Å². The van der Waals surface area contributed by atoms with Crippen LogP contribution in [0.3, 0.4) is 0 Å². The van der Waals surface area contributed by atoms with Gasteiger partial charge in [-0.1, -0.05) is 56.0 Å². The highest BCUT2D eigenvalue weighted by Crippen LogP contribution is 2.40. The van der Waals surface area contributed by atoms with Gasteiger partial charge in [0.25, 0.3) is 0 Å². The highest BCUT2D eigenvalue weighted by molar-refractivity contribution is 5.81. The molecular weight excluding hydrogens is 390 g/mol. The lowest BCUT2D eigenvalue weighted by Gasteiger charge is -2.17. The van der Waals surface area contributed by atoms with E-state index in [1.54, 1.807) is 6.07 Å². The van der Waals surface area contributed by atoms with Gasteiger partial charge in [-0.15, -0.1) is 0 Å². The van der Waals surface area contributed by atoms with E-state index < -0.39 is 6.10 Å². The first-order valence-corrected chi connectivity index (χ1v) is 11.4. The minimum Gasteiger partial charge on any atom is -0.504 e. The first-order valence-electron chi connectivity index (χ1n) is 11.4. The molecule has 31 heavy (non-hydrogen) atoms. The third-order valence-electron chi connectivity index (χ3n) is 6.42. The Hall–Kier alpha value is -2.37. The molecule has 0 aliphatic heterocycles. The van der Waals surface area contributed by atoms with E-state index in [0.29, 0.717) is 31.6 Å². The number of methoxy groups -OCH3 is 1. The number of carbonyl (C=O) groups is 1. The Morgan fingerprint density at radius 1 is 1.16 bits per heavy atom. The van der Waals surface area contributed by atoms with Crippen LogP contribution in [-0.4, -0.2) is 29.2 Å². The Kier molecular flexibility index (Phi) is 8.50. The number of hydrogen-bond acceptors (Lipinski definition) is 5. The zero-order valence-electron chi connectivity index (χ0n) is 18.5. The van der Waals surface area contributed by atoms with E-state index in [-0.39, 0.29) is 18.0 Å². The average molecular weight is 426 g/mol. The molecule has 0 heterocycles. The van der Waals surface area contributed by atoms with Gasteiger partial charge in [0.05, 0.1) is 13.2 Å². The molecular formula is C26H35NO4. The molecule has 1 atom stereocenters. The van der Waals surface area contributed by atoms with E-state index in [0.717, 1.165) is 34.6 Å². The molecule has 168 valence electrons. The summed E-state index contributed by atoms with van der Waals surface area (Å²) >= 11 is 0. The van der Waals surface area contributed by atoms with Gasteiger partial charge in [-0.3, -0.25) is 4.79 Å². The van der Waals surface area contributed by atoms with Crippen LogP contribution in [0, 0.1) is 5.92 Å². The fourth-order valence-corrected chi connectivity index (χ4v) is 4.62. The molecule has 1 saturated carbocycles. The fourth-order valence-electron chi connectivity index (χ4n) is 4.62. The van der Waals surface area contributed by atoms with E-state index in [4.69, 9.17) is 10.5 Å². The number of aryl methyl sites for hydroxylation is 1. The van der Waals surface area contributed by atoms with E-state index in [9.17, 15) is 15.0 Å². The van der Waals surface area contributed by atoms with Crippen molar-refractivity contribution in [3.8, 4) is 22.6 Å². The molecule has 5 heteroatoms. The third kappa shape index (κ3) is 6.31. The predicted molar refractivity (Wildman–Crippen MR) is 123 cm³/mol. The Morgan fingerprint density at radius 3 is 2.52 bits per heavy atom. The Morgan fingerprint density at radius 2 is 1.87 bits per heavy atom. The van der Waals surface area contributed by atoms with E-state index in [1.807, 2.05) is 30.3 Å².